The largest absolute Gasteiger partial charge is 0.294 e. The molecule has 1 heterocycles. The van der Waals surface area contributed by atoms with Gasteiger partial charge in [-0.1, -0.05) is 23.2 Å². The summed E-state index contributed by atoms with van der Waals surface area (Å²) in [6.45, 7) is 1.44. The van der Waals surface area contributed by atoms with E-state index in [4.69, 9.17) is 23.2 Å². The minimum absolute atomic E-state index is 0.0868. The Kier molecular flexibility index (Phi) is 2.34. The summed E-state index contributed by atoms with van der Waals surface area (Å²) in [4.78, 5) is 10.8. The van der Waals surface area contributed by atoms with E-state index in [0.29, 0.717) is 14.9 Å². The fourth-order valence-electron chi connectivity index (χ4n) is 0.622. The van der Waals surface area contributed by atoms with Crippen LogP contribution in [0.5, 0.6) is 0 Å². The first-order valence-electron chi connectivity index (χ1n) is 2.56. The van der Waals surface area contributed by atoms with Crippen LogP contribution in [0.4, 0.5) is 0 Å². The van der Waals surface area contributed by atoms with Crippen LogP contribution in [0.25, 0.3) is 0 Å². The van der Waals surface area contributed by atoms with Crippen molar-refractivity contribution in [3.63, 3.8) is 0 Å². The predicted molar refractivity (Wildman–Crippen MR) is 44.3 cm³/mol. The van der Waals surface area contributed by atoms with Crippen LogP contribution in [0.15, 0.2) is 5.38 Å². The molecule has 0 atom stereocenters. The molecule has 0 N–H and O–H groups in total. The normalized spacial score (nSPS) is 9.90. The Morgan fingerprint density at radius 2 is 2.20 bits per heavy atom. The van der Waals surface area contributed by atoms with Gasteiger partial charge in [0, 0.05) is 5.38 Å². The molecule has 0 saturated carbocycles. The summed E-state index contributed by atoms with van der Waals surface area (Å²) in [7, 11) is 0. The lowest BCUT2D eigenvalue weighted by molar-refractivity contribution is 0.101. The summed E-state index contributed by atoms with van der Waals surface area (Å²) in [5.74, 6) is -0.0868. The van der Waals surface area contributed by atoms with Gasteiger partial charge >= 0.3 is 0 Å². The van der Waals surface area contributed by atoms with Gasteiger partial charge in [-0.05, 0) is 6.92 Å². The van der Waals surface area contributed by atoms with E-state index in [1.165, 1.54) is 18.3 Å². The standard InChI is InChI=1S/C6H4Cl2OS/c1-3(9)5-4(7)2-10-6(5)8/h2H,1H3. The predicted octanol–water partition coefficient (Wildman–Crippen LogP) is 3.26. The van der Waals surface area contributed by atoms with Gasteiger partial charge in [-0.15, -0.1) is 11.3 Å². The number of hydrogen-bond acceptors (Lipinski definition) is 2. The molecule has 0 spiro atoms. The fourth-order valence-corrected chi connectivity index (χ4v) is 2.15. The Labute approximate surface area is 72.6 Å². The molecule has 0 fully saturated rings. The first-order chi connectivity index (χ1) is 4.63. The van der Waals surface area contributed by atoms with Crippen LogP contribution in [0.1, 0.15) is 17.3 Å². The maximum atomic E-state index is 10.8. The van der Waals surface area contributed by atoms with Gasteiger partial charge < -0.3 is 0 Å². The molecule has 1 rings (SSSR count). The highest BCUT2D eigenvalue weighted by molar-refractivity contribution is 7.15. The zero-order valence-corrected chi connectivity index (χ0v) is 7.48. The van der Waals surface area contributed by atoms with Crippen molar-refractivity contribution in [2.24, 2.45) is 0 Å². The number of carbonyl (C=O) groups is 1. The average Bonchev–Trinajstić information content (AvgIpc) is 2.11. The Morgan fingerprint density at radius 3 is 2.40 bits per heavy atom. The quantitative estimate of drug-likeness (QED) is 0.628. The molecule has 0 unspecified atom stereocenters. The third kappa shape index (κ3) is 1.34. The highest BCUT2D eigenvalue weighted by Crippen LogP contribution is 2.31. The first-order valence-corrected chi connectivity index (χ1v) is 4.20. The van der Waals surface area contributed by atoms with E-state index in [-0.39, 0.29) is 5.78 Å². The molecule has 0 aliphatic carbocycles. The molecule has 0 amide bonds. The number of rotatable bonds is 1. The molecule has 0 aromatic carbocycles. The summed E-state index contributed by atoms with van der Waals surface area (Å²) in [6.07, 6.45) is 0. The Bertz CT molecular complexity index is 247. The van der Waals surface area contributed by atoms with Gasteiger partial charge in [0.2, 0.25) is 0 Å². The van der Waals surface area contributed by atoms with Gasteiger partial charge in [-0.25, -0.2) is 0 Å². The van der Waals surface area contributed by atoms with Crippen molar-refractivity contribution in [1.82, 2.24) is 0 Å². The van der Waals surface area contributed by atoms with Crippen molar-refractivity contribution in [2.45, 2.75) is 6.92 Å². The Hall–Kier alpha value is -0.0500. The minimum atomic E-state index is -0.0868. The first kappa shape index (κ1) is 8.05. The number of Topliss-reactive ketones (excluding diaryl/α,β-unsaturated/α-hetero) is 1. The average molecular weight is 195 g/mol. The van der Waals surface area contributed by atoms with E-state index < -0.39 is 0 Å². The van der Waals surface area contributed by atoms with Crippen LogP contribution >= 0.6 is 34.5 Å². The van der Waals surface area contributed by atoms with E-state index in [1.54, 1.807) is 5.38 Å². The smallest absolute Gasteiger partial charge is 0.163 e. The molecule has 0 aliphatic heterocycles. The van der Waals surface area contributed by atoms with Gasteiger partial charge in [0.1, 0.15) is 4.34 Å². The second-order valence-electron chi connectivity index (χ2n) is 1.79. The van der Waals surface area contributed by atoms with Crippen LogP contribution < -0.4 is 0 Å². The van der Waals surface area contributed by atoms with Crippen molar-refractivity contribution in [2.75, 3.05) is 0 Å². The van der Waals surface area contributed by atoms with Crippen molar-refractivity contribution in [1.29, 1.82) is 0 Å². The lowest BCUT2D eigenvalue weighted by Gasteiger charge is -1.89. The van der Waals surface area contributed by atoms with Crippen LogP contribution in [-0.2, 0) is 0 Å². The summed E-state index contributed by atoms with van der Waals surface area (Å²) in [5.41, 5.74) is 0.438. The second kappa shape index (κ2) is 2.91. The zero-order chi connectivity index (χ0) is 7.72. The molecule has 1 aromatic rings. The molecule has 0 saturated heterocycles. The van der Waals surface area contributed by atoms with E-state index in [0.717, 1.165) is 0 Å². The van der Waals surface area contributed by atoms with Crippen LogP contribution in [0, 0.1) is 0 Å². The monoisotopic (exact) mass is 194 g/mol. The van der Waals surface area contributed by atoms with Crippen molar-refractivity contribution < 1.29 is 4.79 Å². The fraction of sp³-hybridized carbons (Fsp3) is 0.167. The topological polar surface area (TPSA) is 17.1 Å². The molecule has 1 nitrogen and oxygen atoms in total. The van der Waals surface area contributed by atoms with Crippen LogP contribution in [0.2, 0.25) is 9.36 Å². The lowest BCUT2D eigenvalue weighted by Crippen LogP contribution is -1.89. The third-order valence-electron chi connectivity index (χ3n) is 1.05. The zero-order valence-electron chi connectivity index (χ0n) is 5.15. The van der Waals surface area contributed by atoms with Gasteiger partial charge in [0.25, 0.3) is 0 Å². The summed E-state index contributed by atoms with van der Waals surface area (Å²) in [6, 6.07) is 0. The van der Waals surface area contributed by atoms with E-state index in [1.807, 2.05) is 0 Å². The van der Waals surface area contributed by atoms with Crippen molar-refractivity contribution in [3.05, 3.63) is 20.3 Å². The van der Waals surface area contributed by atoms with Crippen molar-refractivity contribution >= 4 is 40.3 Å². The van der Waals surface area contributed by atoms with Gasteiger partial charge in [-0.2, -0.15) is 0 Å². The van der Waals surface area contributed by atoms with E-state index >= 15 is 0 Å². The molecule has 0 bridgehead atoms. The maximum absolute atomic E-state index is 10.8. The van der Waals surface area contributed by atoms with Gasteiger partial charge in [0.15, 0.2) is 5.78 Å². The van der Waals surface area contributed by atoms with Crippen LogP contribution in [0.3, 0.4) is 0 Å². The molecular formula is C6H4Cl2OS. The number of ketones is 1. The molecule has 54 valence electrons. The molecule has 0 radical (unpaired) electrons. The lowest BCUT2D eigenvalue weighted by atomic mass is 10.2. The van der Waals surface area contributed by atoms with Gasteiger partial charge in [-0.3, -0.25) is 4.79 Å². The maximum Gasteiger partial charge on any atom is 0.163 e. The SMILES string of the molecule is CC(=O)c1c(Cl)csc1Cl. The Balaban J connectivity index is 3.23. The highest BCUT2D eigenvalue weighted by atomic mass is 35.5. The Morgan fingerprint density at radius 1 is 1.60 bits per heavy atom. The molecule has 4 heteroatoms. The second-order valence-corrected chi connectivity index (χ2v) is 3.68. The summed E-state index contributed by atoms with van der Waals surface area (Å²) in [5, 5.41) is 2.10. The molecular weight excluding hydrogens is 191 g/mol. The van der Waals surface area contributed by atoms with Gasteiger partial charge in [0.05, 0.1) is 10.6 Å². The molecule has 10 heavy (non-hydrogen) atoms. The summed E-state index contributed by atoms with van der Waals surface area (Å²) < 4.78 is 0.470. The molecule has 0 aliphatic rings. The van der Waals surface area contributed by atoms with E-state index in [2.05, 4.69) is 0 Å². The third-order valence-corrected chi connectivity index (χ3v) is 2.70. The number of hydrogen-bond donors (Lipinski definition) is 0. The van der Waals surface area contributed by atoms with Crippen molar-refractivity contribution in [3.8, 4) is 0 Å². The van der Waals surface area contributed by atoms with E-state index in [9.17, 15) is 4.79 Å². The minimum Gasteiger partial charge on any atom is -0.294 e. The summed E-state index contributed by atoms with van der Waals surface area (Å²) >= 11 is 12.6. The number of carbonyl (C=O) groups excluding carboxylic acids is 1. The highest BCUT2D eigenvalue weighted by Gasteiger charge is 2.11. The molecule has 1 aromatic heterocycles. The van der Waals surface area contributed by atoms with Crippen LogP contribution in [-0.4, -0.2) is 5.78 Å². The number of thiophene rings is 1. The number of halogens is 2.